The number of fused-ring (bicyclic) bond motifs is 1. The topological polar surface area (TPSA) is 29.1 Å². The predicted molar refractivity (Wildman–Crippen MR) is 89.9 cm³/mol. The summed E-state index contributed by atoms with van der Waals surface area (Å²) in [4.78, 5) is 12.5. The average Bonchev–Trinajstić information content (AvgIpc) is 3.37. The Hall–Kier alpha value is -2.61. The molecule has 3 aromatic rings. The van der Waals surface area contributed by atoms with Crippen molar-refractivity contribution in [1.82, 2.24) is 0 Å². The summed E-state index contributed by atoms with van der Waals surface area (Å²) in [5.41, 5.74) is 2.17. The highest BCUT2D eigenvalue weighted by atomic mass is 16.2. The van der Waals surface area contributed by atoms with Gasteiger partial charge in [0.2, 0.25) is 5.91 Å². The van der Waals surface area contributed by atoms with Crippen molar-refractivity contribution < 1.29 is 4.79 Å². The normalized spacial score (nSPS) is 19.8. The van der Waals surface area contributed by atoms with Crippen LogP contribution in [0.1, 0.15) is 17.9 Å². The van der Waals surface area contributed by atoms with Crippen molar-refractivity contribution in [3.05, 3.63) is 78.4 Å². The zero-order chi connectivity index (χ0) is 14.9. The third-order valence-corrected chi connectivity index (χ3v) is 4.40. The van der Waals surface area contributed by atoms with Crippen LogP contribution in [0.3, 0.4) is 0 Å². The molecule has 1 N–H and O–H groups in total. The highest BCUT2D eigenvalue weighted by Crippen LogP contribution is 2.48. The van der Waals surface area contributed by atoms with Crippen LogP contribution in [-0.2, 0) is 4.79 Å². The molecule has 0 radical (unpaired) electrons. The zero-order valence-corrected chi connectivity index (χ0v) is 12.2. The predicted octanol–water partition coefficient (Wildman–Crippen LogP) is 4.58. The molecule has 108 valence electrons. The van der Waals surface area contributed by atoms with E-state index in [2.05, 4.69) is 29.6 Å². The fraction of sp³-hybridized carbons (Fsp3) is 0.150. The van der Waals surface area contributed by atoms with Crippen molar-refractivity contribution in [2.75, 3.05) is 5.32 Å². The van der Waals surface area contributed by atoms with Crippen LogP contribution in [0.4, 0.5) is 5.69 Å². The first-order chi connectivity index (χ1) is 10.8. The standard InChI is InChI=1S/C20H17NO/c22-20(18-13-17(18)15-7-2-1-3-8-15)21-19-12-6-10-14-9-4-5-11-16(14)19/h1-12,17-18H,13H2,(H,21,22)/t17-,18-/m1/s1. The minimum atomic E-state index is 0.0985. The molecule has 0 aliphatic heterocycles. The Morgan fingerprint density at radius 1 is 0.864 bits per heavy atom. The van der Waals surface area contributed by atoms with Crippen molar-refractivity contribution in [3.63, 3.8) is 0 Å². The smallest absolute Gasteiger partial charge is 0.228 e. The van der Waals surface area contributed by atoms with E-state index in [1.54, 1.807) is 0 Å². The summed E-state index contributed by atoms with van der Waals surface area (Å²) in [5.74, 6) is 0.600. The number of amides is 1. The maximum Gasteiger partial charge on any atom is 0.228 e. The largest absolute Gasteiger partial charge is 0.325 e. The van der Waals surface area contributed by atoms with E-state index in [-0.39, 0.29) is 11.8 Å². The fourth-order valence-corrected chi connectivity index (χ4v) is 3.11. The molecule has 1 amide bonds. The van der Waals surface area contributed by atoms with E-state index in [4.69, 9.17) is 0 Å². The molecule has 2 nitrogen and oxygen atoms in total. The Morgan fingerprint density at radius 3 is 2.45 bits per heavy atom. The molecule has 2 atom stereocenters. The quantitative estimate of drug-likeness (QED) is 0.750. The SMILES string of the molecule is O=C(Nc1cccc2ccccc12)[C@@H]1C[C@@H]1c1ccccc1. The molecular weight excluding hydrogens is 270 g/mol. The molecule has 0 spiro atoms. The van der Waals surface area contributed by atoms with Crippen LogP contribution in [0.2, 0.25) is 0 Å². The lowest BCUT2D eigenvalue weighted by Crippen LogP contribution is -2.14. The van der Waals surface area contributed by atoms with Gasteiger partial charge in [-0.25, -0.2) is 0 Å². The summed E-state index contributed by atoms with van der Waals surface area (Å²) >= 11 is 0. The second-order valence-electron chi connectivity index (χ2n) is 5.88. The number of hydrogen-bond donors (Lipinski definition) is 1. The van der Waals surface area contributed by atoms with Crippen LogP contribution in [0.5, 0.6) is 0 Å². The van der Waals surface area contributed by atoms with E-state index in [1.807, 2.05) is 48.5 Å². The van der Waals surface area contributed by atoms with Crippen LogP contribution < -0.4 is 5.32 Å². The summed E-state index contributed by atoms with van der Waals surface area (Å²) in [5, 5.41) is 5.35. The Balaban J connectivity index is 1.53. The maximum atomic E-state index is 12.5. The van der Waals surface area contributed by atoms with Crippen LogP contribution in [-0.4, -0.2) is 5.91 Å². The third kappa shape index (κ3) is 2.37. The number of benzene rings is 3. The van der Waals surface area contributed by atoms with Gasteiger partial charge in [0.15, 0.2) is 0 Å². The molecule has 22 heavy (non-hydrogen) atoms. The number of rotatable bonds is 3. The van der Waals surface area contributed by atoms with Gasteiger partial charge >= 0.3 is 0 Å². The van der Waals surface area contributed by atoms with E-state index in [1.165, 1.54) is 5.56 Å². The van der Waals surface area contributed by atoms with Gasteiger partial charge in [-0.2, -0.15) is 0 Å². The number of nitrogens with one attached hydrogen (secondary N) is 1. The highest BCUT2D eigenvalue weighted by molar-refractivity contribution is 6.03. The molecule has 1 saturated carbocycles. The Morgan fingerprint density at radius 2 is 1.59 bits per heavy atom. The van der Waals surface area contributed by atoms with Gasteiger partial charge in [0.1, 0.15) is 0 Å². The number of anilines is 1. The van der Waals surface area contributed by atoms with Crippen molar-refractivity contribution >= 4 is 22.4 Å². The molecule has 2 heteroatoms. The summed E-state index contributed by atoms with van der Waals surface area (Å²) in [6.07, 6.45) is 0.945. The van der Waals surface area contributed by atoms with Gasteiger partial charge in [-0.05, 0) is 29.4 Å². The summed E-state index contributed by atoms with van der Waals surface area (Å²) in [6, 6.07) is 24.4. The number of hydrogen-bond acceptors (Lipinski definition) is 1. The minimum absolute atomic E-state index is 0.0985. The summed E-state index contributed by atoms with van der Waals surface area (Å²) in [7, 11) is 0. The Labute approximate surface area is 129 Å². The van der Waals surface area contributed by atoms with Crippen molar-refractivity contribution in [2.45, 2.75) is 12.3 Å². The first-order valence-corrected chi connectivity index (χ1v) is 7.66. The molecule has 3 aromatic carbocycles. The van der Waals surface area contributed by atoms with E-state index < -0.39 is 0 Å². The number of carbonyl (C=O) groups is 1. The molecule has 0 bridgehead atoms. The number of carbonyl (C=O) groups excluding carboxylic acids is 1. The molecule has 0 aromatic heterocycles. The fourth-order valence-electron chi connectivity index (χ4n) is 3.11. The van der Waals surface area contributed by atoms with Crippen molar-refractivity contribution in [2.24, 2.45) is 5.92 Å². The second kappa shape index (κ2) is 5.30. The summed E-state index contributed by atoms with van der Waals surface area (Å²) in [6.45, 7) is 0. The van der Waals surface area contributed by atoms with Gasteiger partial charge in [-0.3, -0.25) is 4.79 Å². The summed E-state index contributed by atoms with van der Waals surface area (Å²) < 4.78 is 0. The van der Waals surface area contributed by atoms with Crippen LogP contribution in [0.15, 0.2) is 72.8 Å². The molecule has 1 aliphatic carbocycles. The van der Waals surface area contributed by atoms with E-state index in [0.717, 1.165) is 22.9 Å². The van der Waals surface area contributed by atoms with Crippen LogP contribution in [0.25, 0.3) is 10.8 Å². The highest BCUT2D eigenvalue weighted by Gasteiger charge is 2.43. The third-order valence-electron chi connectivity index (χ3n) is 4.40. The monoisotopic (exact) mass is 287 g/mol. The van der Waals surface area contributed by atoms with E-state index in [9.17, 15) is 4.79 Å². The van der Waals surface area contributed by atoms with Gasteiger partial charge in [0.25, 0.3) is 0 Å². The van der Waals surface area contributed by atoms with Crippen molar-refractivity contribution in [3.8, 4) is 0 Å². The first kappa shape index (κ1) is 13.1. The molecule has 4 rings (SSSR count). The second-order valence-corrected chi connectivity index (χ2v) is 5.88. The first-order valence-electron chi connectivity index (χ1n) is 7.66. The lowest BCUT2D eigenvalue weighted by Gasteiger charge is -2.08. The average molecular weight is 287 g/mol. The van der Waals surface area contributed by atoms with Gasteiger partial charge in [-0.15, -0.1) is 0 Å². The van der Waals surface area contributed by atoms with Gasteiger partial charge < -0.3 is 5.32 Å². The molecule has 0 heterocycles. The lowest BCUT2D eigenvalue weighted by atomic mass is 10.1. The Bertz CT molecular complexity index is 820. The molecular formula is C20H17NO. The van der Waals surface area contributed by atoms with E-state index in [0.29, 0.717) is 5.92 Å². The Kier molecular flexibility index (Phi) is 3.15. The molecule has 1 aliphatic rings. The van der Waals surface area contributed by atoms with Crippen LogP contribution >= 0.6 is 0 Å². The molecule has 0 unspecified atom stereocenters. The van der Waals surface area contributed by atoms with Crippen LogP contribution in [0, 0.1) is 5.92 Å². The van der Waals surface area contributed by atoms with Gasteiger partial charge in [-0.1, -0.05) is 66.7 Å². The van der Waals surface area contributed by atoms with Gasteiger partial charge in [0, 0.05) is 17.0 Å². The van der Waals surface area contributed by atoms with Crippen molar-refractivity contribution in [1.29, 1.82) is 0 Å². The lowest BCUT2D eigenvalue weighted by molar-refractivity contribution is -0.117. The molecule has 1 fully saturated rings. The van der Waals surface area contributed by atoms with Gasteiger partial charge in [0.05, 0.1) is 0 Å². The maximum absolute atomic E-state index is 12.5. The minimum Gasteiger partial charge on any atom is -0.325 e. The van der Waals surface area contributed by atoms with E-state index >= 15 is 0 Å². The zero-order valence-electron chi connectivity index (χ0n) is 12.2. The molecule has 0 saturated heterocycles.